The summed E-state index contributed by atoms with van der Waals surface area (Å²) in [5.41, 5.74) is 3.11. The summed E-state index contributed by atoms with van der Waals surface area (Å²) >= 11 is 3.48. The molecule has 5 heteroatoms. The Kier molecular flexibility index (Phi) is 4.96. The van der Waals surface area contributed by atoms with Crippen LogP contribution >= 0.6 is 15.9 Å². The number of carbonyl (C=O) groups is 1. The lowest BCUT2D eigenvalue weighted by atomic mass is 10.1. The number of halogens is 2. The molecule has 0 aliphatic heterocycles. The molecule has 2 aromatic carbocycles. The van der Waals surface area contributed by atoms with Crippen LogP contribution in [0.2, 0.25) is 0 Å². The molecule has 110 valence electrons. The predicted molar refractivity (Wildman–Crippen MR) is 86.9 cm³/mol. The van der Waals surface area contributed by atoms with Gasteiger partial charge in [-0.15, -0.1) is 0 Å². The van der Waals surface area contributed by atoms with Crippen molar-refractivity contribution in [3.63, 3.8) is 0 Å². The molecule has 0 heterocycles. The molecular weight excluding hydrogens is 335 g/mol. The second-order valence-corrected chi connectivity index (χ2v) is 5.67. The van der Waals surface area contributed by atoms with E-state index >= 15 is 0 Å². The quantitative estimate of drug-likeness (QED) is 0.854. The first-order valence-corrected chi connectivity index (χ1v) is 7.31. The number of hydrogen-bond donors (Lipinski definition) is 2. The van der Waals surface area contributed by atoms with E-state index in [2.05, 4.69) is 26.6 Å². The maximum atomic E-state index is 13.8. The maximum Gasteiger partial charge on any atom is 0.221 e. The molecule has 0 aromatic heterocycles. The van der Waals surface area contributed by atoms with Gasteiger partial charge in [-0.2, -0.15) is 0 Å². The Morgan fingerprint density at radius 1 is 1.24 bits per heavy atom. The average Bonchev–Trinajstić information content (AvgIpc) is 2.42. The molecule has 0 saturated heterocycles. The van der Waals surface area contributed by atoms with Gasteiger partial charge in [-0.1, -0.05) is 28.1 Å². The Bertz CT molecular complexity index is 673. The van der Waals surface area contributed by atoms with Gasteiger partial charge in [0.2, 0.25) is 5.91 Å². The number of benzene rings is 2. The molecule has 21 heavy (non-hydrogen) atoms. The Balaban J connectivity index is 2.11. The van der Waals surface area contributed by atoms with Crippen molar-refractivity contribution in [2.45, 2.75) is 20.4 Å². The second kappa shape index (κ2) is 6.72. The number of amides is 1. The molecule has 2 rings (SSSR count). The minimum absolute atomic E-state index is 0.185. The first-order valence-electron chi connectivity index (χ1n) is 6.52. The van der Waals surface area contributed by atoms with Crippen molar-refractivity contribution in [2.24, 2.45) is 0 Å². The third kappa shape index (κ3) is 4.29. The first-order chi connectivity index (χ1) is 9.95. The van der Waals surface area contributed by atoms with Gasteiger partial charge in [-0.25, -0.2) is 4.39 Å². The molecule has 0 spiro atoms. The van der Waals surface area contributed by atoms with Crippen LogP contribution in [0.15, 0.2) is 40.9 Å². The van der Waals surface area contributed by atoms with Crippen LogP contribution < -0.4 is 10.6 Å². The van der Waals surface area contributed by atoms with Crippen LogP contribution in [0.5, 0.6) is 0 Å². The lowest BCUT2D eigenvalue weighted by molar-refractivity contribution is -0.114. The number of rotatable bonds is 4. The molecule has 0 aliphatic rings. The van der Waals surface area contributed by atoms with Gasteiger partial charge >= 0.3 is 0 Å². The third-order valence-corrected chi connectivity index (χ3v) is 3.86. The zero-order valence-corrected chi connectivity index (χ0v) is 13.4. The van der Waals surface area contributed by atoms with E-state index < -0.39 is 0 Å². The van der Waals surface area contributed by atoms with Crippen molar-refractivity contribution in [1.29, 1.82) is 0 Å². The van der Waals surface area contributed by atoms with Crippen molar-refractivity contribution in [3.05, 3.63) is 57.8 Å². The molecule has 0 bridgehead atoms. The number of aryl methyl sites for hydroxylation is 1. The highest BCUT2D eigenvalue weighted by molar-refractivity contribution is 9.10. The highest BCUT2D eigenvalue weighted by Gasteiger charge is 2.05. The monoisotopic (exact) mass is 350 g/mol. The zero-order valence-electron chi connectivity index (χ0n) is 11.8. The maximum absolute atomic E-state index is 13.8. The molecular formula is C16H16BrFN2O. The van der Waals surface area contributed by atoms with Gasteiger partial charge in [0.25, 0.3) is 0 Å². The van der Waals surface area contributed by atoms with E-state index in [1.165, 1.54) is 19.1 Å². The summed E-state index contributed by atoms with van der Waals surface area (Å²) in [5.74, 6) is -0.537. The van der Waals surface area contributed by atoms with Crippen LogP contribution in [-0.4, -0.2) is 5.91 Å². The minimum Gasteiger partial charge on any atom is -0.379 e. The van der Waals surface area contributed by atoms with Crippen LogP contribution in [0.25, 0.3) is 0 Å². The third-order valence-electron chi connectivity index (χ3n) is 3.01. The van der Waals surface area contributed by atoms with Gasteiger partial charge in [-0.3, -0.25) is 4.79 Å². The average molecular weight is 351 g/mol. The molecule has 0 atom stereocenters. The fraction of sp³-hybridized carbons (Fsp3) is 0.188. The molecule has 0 aliphatic carbocycles. The molecule has 1 amide bonds. The van der Waals surface area contributed by atoms with E-state index in [4.69, 9.17) is 0 Å². The van der Waals surface area contributed by atoms with Crippen molar-refractivity contribution >= 4 is 33.2 Å². The lowest BCUT2D eigenvalue weighted by Gasteiger charge is -2.11. The molecule has 0 unspecified atom stereocenters. The fourth-order valence-electron chi connectivity index (χ4n) is 1.89. The van der Waals surface area contributed by atoms with Crippen LogP contribution in [-0.2, 0) is 11.3 Å². The predicted octanol–water partition coefficient (Wildman–Crippen LogP) is 4.47. The van der Waals surface area contributed by atoms with Crippen molar-refractivity contribution in [1.82, 2.24) is 0 Å². The van der Waals surface area contributed by atoms with Crippen LogP contribution in [0.3, 0.4) is 0 Å². The van der Waals surface area contributed by atoms with E-state index in [0.717, 1.165) is 15.6 Å². The standard InChI is InChI=1S/C16H16BrFN2O/c1-10-3-4-12(7-14(10)17)9-19-16-8-13(20-11(2)21)5-6-15(16)18/h3-8,19H,9H2,1-2H3,(H,20,21). The van der Waals surface area contributed by atoms with Crippen LogP contribution in [0.4, 0.5) is 15.8 Å². The summed E-state index contributed by atoms with van der Waals surface area (Å²) in [6, 6.07) is 10.4. The van der Waals surface area contributed by atoms with E-state index in [0.29, 0.717) is 17.9 Å². The molecule has 0 saturated carbocycles. The van der Waals surface area contributed by atoms with Gasteiger partial charge in [0, 0.05) is 23.6 Å². The molecule has 2 aromatic rings. The first kappa shape index (κ1) is 15.5. The van der Waals surface area contributed by atoms with Gasteiger partial charge in [-0.05, 0) is 42.3 Å². The highest BCUT2D eigenvalue weighted by atomic mass is 79.9. The number of hydrogen-bond acceptors (Lipinski definition) is 2. The Hall–Kier alpha value is -1.88. The van der Waals surface area contributed by atoms with Gasteiger partial charge in [0.1, 0.15) is 5.82 Å². The normalized spacial score (nSPS) is 10.3. The van der Waals surface area contributed by atoms with Crippen molar-refractivity contribution < 1.29 is 9.18 Å². The van der Waals surface area contributed by atoms with Gasteiger partial charge < -0.3 is 10.6 Å². The zero-order chi connectivity index (χ0) is 15.4. The summed E-state index contributed by atoms with van der Waals surface area (Å²) in [7, 11) is 0. The molecule has 3 nitrogen and oxygen atoms in total. The van der Waals surface area contributed by atoms with E-state index in [9.17, 15) is 9.18 Å². The Morgan fingerprint density at radius 3 is 2.67 bits per heavy atom. The molecule has 2 N–H and O–H groups in total. The van der Waals surface area contributed by atoms with Crippen LogP contribution in [0.1, 0.15) is 18.1 Å². The fourth-order valence-corrected chi connectivity index (χ4v) is 2.31. The molecule has 0 radical (unpaired) electrons. The smallest absolute Gasteiger partial charge is 0.221 e. The summed E-state index contributed by atoms with van der Waals surface area (Å²) in [5, 5.41) is 5.68. The van der Waals surface area contributed by atoms with Gasteiger partial charge in [0.15, 0.2) is 0 Å². The number of anilines is 2. The summed E-state index contributed by atoms with van der Waals surface area (Å²) in [4.78, 5) is 11.0. The topological polar surface area (TPSA) is 41.1 Å². The summed E-state index contributed by atoms with van der Waals surface area (Å²) < 4.78 is 14.8. The second-order valence-electron chi connectivity index (χ2n) is 4.81. The Labute approximate surface area is 131 Å². The largest absolute Gasteiger partial charge is 0.379 e. The van der Waals surface area contributed by atoms with E-state index in [1.54, 1.807) is 6.07 Å². The lowest BCUT2D eigenvalue weighted by Crippen LogP contribution is -2.07. The van der Waals surface area contributed by atoms with E-state index in [1.807, 2.05) is 25.1 Å². The Morgan fingerprint density at radius 2 is 2.00 bits per heavy atom. The van der Waals surface area contributed by atoms with Crippen molar-refractivity contribution in [2.75, 3.05) is 10.6 Å². The molecule has 0 fully saturated rings. The summed E-state index contributed by atoms with van der Waals surface area (Å²) in [6.07, 6.45) is 0. The minimum atomic E-state index is -0.352. The number of carbonyl (C=O) groups excluding carboxylic acids is 1. The number of nitrogens with one attached hydrogen (secondary N) is 2. The van der Waals surface area contributed by atoms with Crippen molar-refractivity contribution in [3.8, 4) is 0 Å². The SMILES string of the molecule is CC(=O)Nc1ccc(F)c(NCc2ccc(C)c(Br)c2)c1. The highest BCUT2D eigenvalue weighted by Crippen LogP contribution is 2.22. The van der Waals surface area contributed by atoms with E-state index in [-0.39, 0.29) is 11.7 Å². The summed E-state index contributed by atoms with van der Waals surface area (Å²) in [6.45, 7) is 3.93. The van der Waals surface area contributed by atoms with Gasteiger partial charge in [0.05, 0.1) is 5.69 Å². The van der Waals surface area contributed by atoms with Crippen LogP contribution in [0, 0.1) is 12.7 Å².